The van der Waals surface area contributed by atoms with Crippen LogP contribution in [0.2, 0.25) is 0 Å². The Morgan fingerprint density at radius 1 is 1.42 bits per heavy atom. The van der Waals surface area contributed by atoms with Crippen LogP contribution in [0.4, 0.5) is 0 Å². The molecule has 0 aromatic rings. The smallest absolute Gasteiger partial charge is 0.160 e. The highest BCUT2D eigenvalue weighted by molar-refractivity contribution is 4.75. The highest BCUT2D eigenvalue weighted by Gasteiger charge is 2.32. The Morgan fingerprint density at radius 3 is 2.74 bits per heavy atom. The maximum Gasteiger partial charge on any atom is 0.160 e. The molecule has 0 bridgehead atoms. The molecule has 0 aromatic heterocycles. The quantitative estimate of drug-likeness (QED) is 0.510. The van der Waals surface area contributed by atoms with Crippen molar-refractivity contribution >= 4 is 0 Å². The standard InChI is InChI=1S/C13H27NO5/c1-5-12(16-4)14-19-11-6-13(17-7-9(2)3)18-8-10(11)15/h9-15H,5-8H2,1-4H3/t10-,11-,12?,13+/m1/s1. The second-order valence-corrected chi connectivity index (χ2v) is 5.20. The molecular weight excluding hydrogens is 250 g/mol. The minimum Gasteiger partial charge on any atom is -0.388 e. The van der Waals surface area contributed by atoms with Crippen molar-refractivity contribution in [2.24, 2.45) is 5.92 Å². The van der Waals surface area contributed by atoms with Crippen molar-refractivity contribution in [1.29, 1.82) is 0 Å². The summed E-state index contributed by atoms with van der Waals surface area (Å²) in [5.74, 6) is 0.450. The number of nitrogens with one attached hydrogen (secondary N) is 1. The molecular formula is C13H27NO5. The van der Waals surface area contributed by atoms with Crippen molar-refractivity contribution < 1.29 is 24.2 Å². The lowest BCUT2D eigenvalue weighted by molar-refractivity contribution is -0.247. The van der Waals surface area contributed by atoms with E-state index in [1.807, 2.05) is 6.92 Å². The van der Waals surface area contributed by atoms with E-state index >= 15 is 0 Å². The van der Waals surface area contributed by atoms with Crippen molar-refractivity contribution in [3.8, 4) is 0 Å². The number of hydrogen-bond acceptors (Lipinski definition) is 6. The Balaban J connectivity index is 2.34. The van der Waals surface area contributed by atoms with Crippen molar-refractivity contribution in [2.45, 2.75) is 58.3 Å². The van der Waals surface area contributed by atoms with E-state index in [9.17, 15) is 5.11 Å². The third kappa shape index (κ3) is 6.16. The van der Waals surface area contributed by atoms with Gasteiger partial charge in [-0.1, -0.05) is 20.8 Å². The molecule has 4 atom stereocenters. The fraction of sp³-hybridized carbons (Fsp3) is 1.00. The average molecular weight is 277 g/mol. The van der Waals surface area contributed by atoms with E-state index < -0.39 is 6.10 Å². The SMILES string of the molecule is CCC(NO[C@@H]1C[C@@H](OCC(C)C)OC[C@H]1O)OC. The summed E-state index contributed by atoms with van der Waals surface area (Å²) in [4.78, 5) is 5.49. The molecule has 1 heterocycles. The number of hydrogen-bond donors (Lipinski definition) is 2. The first-order valence-corrected chi connectivity index (χ1v) is 6.92. The molecule has 0 amide bonds. The molecule has 0 saturated carbocycles. The molecule has 2 N–H and O–H groups in total. The molecule has 0 aromatic carbocycles. The first kappa shape index (κ1) is 16.8. The van der Waals surface area contributed by atoms with Gasteiger partial charge in [0, 0.05) is 13.5 Å². The van der Waals surface area contributed by atoms with Gasteiger partial charge in [-0.05, 0) is 12.3 Å². The third-order valence-electron chi connectivity index (χ3n) is 2.93. The summed E-state index contributed by atoms with van der Waals surface area (Å²) in [6.45, 7) is 7.00. The van der Waals surface area contributed by atoms with Crippen LogP contribution in [-0.4, -0.2) is 50.2 Å². The second kappa shape index (κ2) is 8.84. The molecule has 1 aliphatic rings. The summed E-state index contributed by atoms with van der Waals surface area (Å²) in [5, 5.41) is 9.84. The van der Waals surface area contributed by atoms with Crippen molar-refractivity contribution in [3.63, 3.8) is 0 Å². The molecule has 6 nitrogen and oxygen atoms in total. The summed E-state index contributed by atoms with van der Waals surface area (Å²) in [7, 11) is 1.61. The molecule has 1 saturated heterocycles. The van der Waals surface area contributed by atoms with Crippen LogP contribution >= 0.6 is 0 Å². The number of ether oxygens (including phenoxy) is 3. The normalized spacial score (nSPS) is 29.7. The monoisotopic (exact) mass is 277 g/mol. The molecule has 6 heteroatoms. The first-order chi connectivity index (χ1) is 9.06. The fourth-order valence-corrected chi connectivity index (χ4v) is 1.73. The van der Waals surface area contributed by atoms with E-state index in [2.05, 4.69) is 19.3 Å². The third-order valence-corrected chi connectivity index (χ3v) is 2.93. The minimum atomic E-state index is -0.652. The predicted octanol–water partition coefficient (Wildman–Crippen LogP) is 1.04. The zero-order valence-corrected chi connectivity index (χ0v) is 12.3. The number of aliphatic hydroxyl groups excluding tert-OH is 1. The van der Waals surface area contributed by atoms with E-state index in [0.717, 1.165) is 6.42 Å². The van der Waals surface area contributed by atoms with Crippen LogP contribution < -0.4 is 5.48 Å². The highest BCUT2D eigenvalue weighted by atomic mass is 16.7. The Bertz CT molecular complexity index is 235. The second-order valence-electron chi connectivity index (χ2n) is 5.20. The summed E-state index contributed by atoms with van der Waals surface area (Å²) in [6.07, 6.45) is -0.217. The molecule has 1 unspecified atom stereocenters. The van der Waals surface area contributed by atoms with Crippen LogP contribution in [0.25, 0.3) is 0 Å². The van der Waals surface area contributed by atoms with E-state index in [1.165, 1.54) is 0 Å². The van der Waals surface area contributed by atoms with Crippen LogP contribution in [0.5, 0.6) is 0 Å². The Hall–Kier alpha value is -0.240. The molecule has 1 fully saturated rings. The number of rotatable bonds is 8. The van der Waals surface area contributed by atoms with Gasteiger partial charge in [-0.2, -0.15) is 5.48 Å². The molecule has 0 radical (unpaired) electrons. The van der Waals surface area contributed by atoms with Crippen molar-refractivity contribution in [1.82, 2.24) is 5.48 Å². The highest BCUT2D eigenvalue weighted by Crippen LogP contribution is 2.18. The number of aliphatic hydroxyl groups is 1. The lowest BCUT2D eigenvalue weighted by Gasteiger charge is -2.33. The van der Waals surface area contributed by atoms with Gasteiger partial charge in [0.2, 0.25) is 0 Å². The molecule has 19 heavy (non-hydrogen) atoms. The van der Waals surface area contributed by atoms with Gasteiger partial charge in [-0.15, -0.1) is 0 Å². The van der Waals surface area contributed by atoms with Crippen LogP contribution in [0.15, 0.2) is 0 Å². The summed E-state index contributed by atoms with van der Waals surface area (Å²) < 4.78 is 16.2. The van der Waals surface area contributed by atoms with Crippen LogP contribution in [0.3, 0.4) is 0 Å². The van der Waals surface area contributed by atoms with Gasteiger partial charge in [0.05, 0.1) is 13.2 Å². The van der Waals surface area contributed by atoms with E-state index in [4.69, 9.17) is 19.0 Å². The Kier molecular flexibility index (Phi) is 7.82. The molecule has 0 spiro atoms. The summed E-state index contributed by atoms with van der Waals surface area (Å²) in [5.41, 5.74) is 2.81. The van der Waals surface area contributed by atoms with E-state index in [-0.39, 0.29) is 25.2 Å². The minimum absolute atomic E-state index is 0.176. The zero-order chi connectivity index (χ0) is 14.3. The molecule has 1 rings (SSSR count). The van der Waals surface area contributed by atoms with Gasteiger partial charge in [0.1, 0.15) is 18.4 Å². The fourth-order valence-electron chi connectivity index (χ4n) is 1.73. The molecule has 114 valence electrons. The maximum atomic E-state index is 9.84. The van der Waals surface area contributed by atoms with E-state index in [1.54, 1.807) is 7.11 Å². The van der Waals surface area contributed by atoms with Gasteiger partial charge >= 0.3 is 0 Å². The predicted molar refractivity (Wildman–Crippen MR) is 70.3 cm³/mol. The largest absolute Gasteiger partial charge is 0.388 e. The van der Waals surface area contributed by atoms with E-state index in [0.29, 0.717) is 18.9 Å². The van der Waals surface area contributed by atoms with Gasteiger partial charge < -0.3 is 19.3 Å². The maximum absolute atomic E-state index is 9.84. The first-order valence-electron chi connectivity index (χ1n) is 6.92. The average Bonchev–Trinajstić information content (AvgIpc) is 2.40. The summed E-state index contributed by atoms with van der Waals surface area (Å²) in [6, 6.07) is 0. The number of methoxy groups -OCH3 is 1. The van der Waals surface area contributed by atoms with Crippen LogP contribution in [-0.2, 0) is 19.0 Å². The van der Waals surface area contributed by atoms with Crippen LogP contribution in [0.1, 0.15) is 33.6 Å². The molecule has 1 aliphatic heterocycles. The van der Waals surface area contributed by atoms with Gasteiger partial charge in [-0.3, -0.25) is 4.84 Å². The summed E-state index contributed by atoms with van der Waals surface area (Å²) >= 11 is 0. The van der Waals surface area contributed by atoms with Crippen molar-refractivity contribution in [2.75, 3.05) is 20.3 Å². The van der Waals surface area contributed by atoms with Gasteiger partial charge in [0.25, 0.3) is 0 Å². The Morgan fingerprint density at radius 2 is 2.16 bits per heavy atom. The molecule has 0 aliphatic carbocycles. The zero-order valence-electron chi connectivity index (χ0n) is 12.3. The topological polar surface area (TPSA) is 69.2 Å². The lowest BCUT2D eigenvalue weighted by atomic mass is 10.1. The Labute approximate surface area is 115 Å². The van der Waals surface area contributed by atoms with Gasteiger partial charge in [0.15, 0.2) is 6.29 Å². The lowest BCUT2D eigenvalue weighted by Crippen LogP contribution is -2.47. The van der Waals surface area contributed by atoms with Gasteiger partial charge in [-0.25, -0.2) is 0 Å². The van der Waals surface area contributed by atoms with Crippen LogP contribution in [0, 0.1) is 5.92 Å². The van der Waals surface area contributed by atoms with Crippen molar-refractivity contribution in [3.05, 3.63) is 0 Å². The number of hydroxylamine groups is 1.